The topological polar surface area (TPSA) is 42.5 Å². The first kappa shape index (κ1) is 17.5. The number of hydrazine groups is 1. The van der Waals surface area contributed by atoms with Crippen molar-refractivity contribution in [2.75, 3.05) is 10.9 Å². The van der Waals surface area contributed by atoms with Crippen molar-refractivity contribution in [3.63, 3.8) is 0 Å². The highest BCUT2D eigenvalue weighted by atomic mass is 16.5. The molecule has 0 aromatic heterocycles. The minimum Gasteiger partial charge on any atom is -0.455 e. The van der Waals surface area contributed by atoms with Crippen LogP contribution >= 0.6 is 0 Å². The third-order valence-corrected chi connectivity index (χ3v) is 4.05. The number of ether oxygens (including phenoxy) is 2. The van der Waals surface area contributed by atoms with E-state index in [4.69, 9.17) is 9.47 Å². The van der Waals surface area contributed by atoms with E-state index in [-0.39, 0.29) is 0 Å². The average molecular weight is 368 g/mol. The molecule has 138 valence electrons. The third kappa shape index (κ3) is 4.43. The first-order valence-electron chi connectivity index (χ1n) is 9.04. The number of hydrogen-bond acceptors (Lipinski definition) is 4. The maximum atomic E-state index is 5.99. The lowest BCUT2D eigenvalue weighted by Crippen LogP contribution is -2.10. The SMILES string of the molecule is c1ccc(Oc2ccccc2NNc2ccccc2Oc2ccccc2)cc1. The Labute approximate surface area is 164 Å². The van der Waals surface area contributed by atoms with Crippen LogP contribution in [0.2, 0.25) is 0 Å². The molecule has 4 heteroatoms. The summed E-state index contributed by atoms with van der Waals surface area (Å²) in [6, 6.07) is 34.9. The van der Waals surface area contributed by atoms with Gasteiger partial charge >= 0.3 is 0 Å². The summed E-state index contributed by atoms with van der Waals surface area (Å²) in [5.41, 5.74) is 8.08. The summed E-state index contributed by atoms with van der Waals surface area (Å²) in [6.45, 7) is 0. The third-order valence-electron chi connectivity index (χ3n) is 4.05. The van der Waals surface area contributed by atoms with Crippen LogP contribution in [0.3, 0.4) is 0 Å². The summed E-state index contributed by atoms with van der Waals surface area (Å²) in [4.78, 5) is 0. The van der Waals surface area contributed by atoms with Gasteiger partial charge in [0.05, 0.1) is 11.4 Å². The first-order chi connectivity index (χ1) is 13.9. The predicted octanol–water partition coefficient (Wildman–Crippen LogP) is 6.71. The summed E-state index contributed by atoms with van der Waals surface area (Å²) < 4.78 is 12.0. The highest BCUT2D eigenvalue weighted by molar-refractivity contribution is 5.64. The summed E-state index contributed by atoms with van der Waals surface area (Å²) >= 11 is 0. The Morgan fingerprint density at radius 2 is 0.750 bits per heavy atom. The first-order valence-corrected chi connectivity index (χ1v) is 9.04. The molecule has 0 amide bonds. The van der Waals surface area contributed by atoms with Crippen LogP contribution in [-0.2, 0) is 0 Å². The fraction of sp³-hybridized carbons (Fsp3) is 0. The van der Waals surface area contributed by atoms with Gasteiger partial charge in [-0.3, -0.25) is 10.9 Å². The zero-order chi connectivity index (χ0) is 19.0. The Morgan fingerprint density at radius 1 is 0.393 bits per heavy atom. The molecule has 0 atom stereocenters. The van der Waals surface area contributed by atoms with E-state index >= 15 is 0 Å². The number of nitrogens with one attached hydrogen (secondary N) is 2. The van der Waals surface area contributed by atoms with Crippen LogP contribution < -0.4 is 20.3 Å². The standard InChI is InChI=1S/C24H20N2O2/c1-3-11-19(12-4-1)27-23-17-9-7-15-21(23)25-26-22-16-8-10-18-24(22)28-20-13-5-2-6-14-20/h1-18,25-26H. The zero-order valence-corrected chi connectivity index (χ0v) is 15.2. The van der Waals surface area contributed by atoms with E-state index < -0.39 is 0 Å². The summed E-state index contributed by atoms with van der Waals surface area (Å²) in [5.74, 6) is 3.01. The van der Waals surface area contributed by atoms with E-state index in [2.05, 4.69) is 10.9 Å². The lowest BCUT2D eigenvalue weighted by Gasteiger charge is -2.16. The van der Waals surface area contributed by atoms with Gasteiger partial charge in [-0.15, -0.1) is 0 Å². The van der Waals surface area contributed by atoms with Gasteiger partial charge in [0.2, 0.25) is 0 Å². The zero-order valence-electron chi connectivity index (χ0n) is 15.2. The molecule has 0 aliphatic heterocycles. The van der Waals surface area contributed by atoms with Gasteiger partial charge < -0.3 is 9.47 Å². The summed E-state index contributed by atoms with van der Waals surface area (Å²) in [5, 5.41) is 0. The molecule has 4 nitrogen and oxygen atoms in total. The highest BCUT2D eigenvalue weighted by Gasteiger charge is 2.07. The van der Waals surface area contributed by atoms with Gasteiger partial charge in [0.25, 0.3) is 0 Å². The van der Waals surface area contributed by atoms with E-state index in [0.717, 1.165) is 34.4 Å². The lowest BCUT2D eigenvalue weighted by molar-refractivity contribution is 0.483. The van der Waals surface area contributed by atoms with Crippen LogP contribution in [-0.4, -0.2) is 0 Å². The van der Waals surface area contributed by atoms with E-state index in [0.29, 0.717) is 0 Å². The van der Waals surface area contributed by atoms with Crippen molar-refractivity contribution in [3.05, 3.63) is 109 Å². The molecule has 0 spiro atoms. The van der Waals surface area contributed by atoms with E-state index in [1.807, 2.05) is 109 Å². The molecule has 28 heavy (non-hydrogen) atoms. The van der Waals surface area contributed by atoms with Crippen molar-refractivity contribution in [3.8, 4) is 23.0 Å². The molecule has 0 aliphatic rings. The largest absolute Gasteiger partial charge is 0.455 e. The van der Waals surface area contributed by atoms with Gasteiger partial charge in [0.15, 0.2) is 11.5 Å². The van der Waals surface area contributed by atoms with Gasteiger partial charge in [-0.2, -0.15) is 0 Å². The number of hydrogen-bond donors (Lipinski definition) is 2. The molecule has 0 fully saturated rings. The second-order valence-electron chi connectivity index (χ2n) is 6.07. The quantitative estimate of drug-likeness (QED) is 0.356. The van der Waals surface area contributed by atoms with Crippen molar-refractivity contribution in [2.24, 2.45) is 0 Å². The average Bonchev–Trinajstić information content (AvgIpc) is 2.76. The molecule has 0 saturated carbocycles. The Bertz CT molecular complexity index is 936. The van der Waals surface area contributed by atoms with Crippen molar-refractivity contribution in [1.82, 2.24) is 0 Å². The lowest BCUT2D eigenvalue weighted by atomic mass is 10.3. The molecule has 0 heterocycles. The fourth-order valence-corrected chi connectivity index (χ4v) is 2.68. The second kappa shape index (κ2) is 8.64. The van der Waals surface area contributed by atoms with E-state index in [1.54, 1.807) is 0 Å². The Balaban J connectivity index is 1.50. The van der Waals surface area contributed by atoms with Crippen LogP contribution in [0.1, 0.15) is 0 Å². The van der Waals surface area contributed by atoms with E-state index in [9.17, 15) is 0 Å². The molecule has 4 aromatic carbocycles. The highest BCUT2D eigenvalue weighted by Crippen LogP contribution is 2.32. The Morgan fingerprint density at radius 3 is 1.18 bits per heavy atom. The minimum atomic E-state index is 0.725. The van der Waals surface area contributed by atoms with Gasteiger partial charge in [-0.05, 0) is 48.5 Å². The summed E-state index contributed by atoms with van der Waals surface area (Å²) in [6.07, 6.45) is 0. The van der Waals surface area contributed by atoms with Gasteiger partial charge in [-0.25, -0.2) is 0 Å². The Kier molecular flexibility index (Phi) is 5.40. The molecule has 2 N–H and O–H groups in total. The molecule has 0 bridgehead atoms. The molecule has 0 aliphatic carbocycles. The van der Waals surface area contributed by atoms with Gasteiger partial charge in [-0.1, -0.05) is 60.7 Å². The molecule has 0 radical (unpaired) electrons. The molecule has 0 saturated heterocycles. The molecular formula is C24H20N2O2. The van der Waals surface area contributed by atoms with Gasteiger partial charge in [0, 0.05) is 0 Å². The van der Waals surface area contributed by atoms with Gasteiger partial charge in [0.1, 0.15) is 11.5 Å². The van der Waals surface area contributed by atoms with Crippen LogP contribution in [0.5, 0.6) is 23.0 Å². The maximum absolute atomic E-state index is 5.99. The Hall–Kier alpha value is -3.92. The monoisotopic (exact) mass is 368 g/mol. The molecular weight excluding hydrogens is 348 g/mol. The number of benzene rings is 4. The van der Waals surface area contributed by atoms with Crippen LogP contribution in [0, 0.1) is 0 Å². The molecule has 4 rings (SSSR count). The number of rotatable bonds is 7. The second-order valence-corrected chi connectivity index (χ2v) is 6.07. The minimum absolute atomic E-state index is 0.725. The van der Waals surface area contributed by atoms with Crippen LogP contribution in [0.25, 0.3) is 0 Å². The van der Waals surface area contributed by atoms with Crippen molar-refractivity contribution in [1.29, 1.82) is 0 Å². The normalized spacial score (nSPS) is 10.1. The predicted molar refractivity (Wildman–Crippen MR) is 113 cm³/mol. The molecule has 0 unspecified atom stereocenters. The van der Waals surface area contributed by atoms with Crippen LogP contribution in [0.15, 0.2) is 109 Å². The molecule has 4 aromatic rings. The number of para-hydroxylation sites is 6. The number of anilines is 2. The van der Waals surface area contributed by atoms with Crippen molar-refractivity contribution in [2.45, 2.75) is 0 Å². The maximum Gasteiger partial charge on any atom is 0.152 e. The van der Waals surface area contributed by atoms with Crippen LogP contribution in [0.4, 0.5) is 11.4 Å². The summed E-state index contributed by atoms with van der Waals surface area (Å²) in [7, 11) is 0. The van der Waals surface area contributed by atoms with Crippen molar-refractivity contribution >= 4 is 11.4 Å². The smallest absolute Gasteiger partial charge is 0.152 e. The van der Waals surface area contributed by atoms with Crippen molar-refractivity contribution < 1.29 is 9.47 Å². The fourth-order valence-electron chi connectivity index (χ4n) is 2.68. The van der Waals surface area contributed by atoms with E-state index in [1.165, 1.54) is 0 Å².